The Morgan fingerprint density at radius 3 is 2.78 bits per heavy atom. The molecule has 45 heavy (non-hydrogen) atoms. The second-order valence-electron chi connectivity index (χ2n) is 11.4. The number of benzene rings is 2. The normalized spacial score (nSPS) is 19.5. The van der Waals surface area contributed by atoms with Crippen LogP contribution in [0.3, 0.4) is 0 Å². The van der Waals surface area contributed by atoms with Gasteiger partial charge in [0, 0.05) is 39.8 Å². The molecule has 0 saturated carbocycles. The third-order valence-electron chi connectivity index (χ3n) is 8.09. The van der Waals surface area contributed by atoms with Crippen LogP contribution in [0.25, 0.3) is 0 Å². The Balaban J connectivity index is 1.39. The Labute approximate surface area is 268 Å². The molecule has 11 heteroatoms. The zero-order valence-corrected chi connectivity index (χ0v) is 26.7. The van der Waals surface area contributed by atoms with Crippen molar-refractivity contribution in [2.75, 3.05) is 47.0 Å². The van der Waals surface area contributed by atoms with Crippen molar-refractivity contribution in [1.29, 1.82) is 0 Å². The minimum absolute atomic E-state index is 0.0140. The fourth-order valence-electron chi connectivity index (χ4n) is 5.68. The van der Waals surface area contributed by atoms with Crippen molar-refractivity contribution in [3.63, 3.8) is 0 Å². The number of nitrogens with zero attached hydrogens (tertiary/aromatic N) is 2. The molecule has 1 saturated heterocycles. The SMILES string of the molecule is COCCCN1CC(=O)N[C@H]2CN(C(=O)Cc3ccsc3)CC[C@H]2OCc2cccc(c2)Oc2ccc(cc2OC)CCC1=O. The first-order valence-electron chi connectivity index (χ1n) is 15.3. The molecule has 4 bridgehead atoms. The number of carbonyl (C=O) groups excluding carboxylic acids is 3. The number of ether oxygens (including phenoxy) is 4. The molecule has 0 spiro atoms. The van der Waals surface area contributed by atoms with E-state index < -0.39 is 6.04 Å². The van der Waals surface area contributed by atoms with Crippen LogP contribution in [0.2, 0.25) is 0 Å². The van der Waals surface area contributed by atoms with Gasteiger partial charge in [0.15, 0.2) is 11.5 Å². The number of amides is 3. The molecule has 0 unspecified atom stereocenters. The Morgan fingerprint density at radius 2 is 1.98 bits per heavy atom. The number of carbonyl (C=O) groups is 3. The Bertz CT molecular complexity index is 1450. The van der Waals surface area contributed by atoms with Crippen molar-refractivity contribution < 1.29 is 33.3 Å². The van der Waals surface area contributed by atoms with Crippen LogP contribution in [-0.4, -0.2) is 86.7 Å². The number of hydrogen-bond acceptors (Lipinski definition) is 8. The van der Waals surface area contributed by atoms with Gasteiger partial charge in [-0.25, -0.2) is 0 Å². The molecule has 6 rings (SSSR count). The first-order valence-corrected chi connectivity index (χ1v) is 16.3. The second-order valence-corrected chi connectivity index (χ2v) is 12.1. The molecule has 1 aromatic heterocycles. The standard InChI is InChI=1S/C34H41N3O7S/c1-41-15-4-13-36-21-32(38)35-28-20-37(34(40)19-26-12-16-45-23-26)14-11-29(28)43-22-25-5-3-6-27(17-25)44-30-9-7-24(8-10-33(36)39)18-31(30)42-2/h3,5-7,9,12,16-18,23,28-29H,4,8,10-11,13-15,19-22H2,1-2H3,(H,35,38)/t28-,29+/m0/s1. The van der Waals surface area contributed by atoms with E-state index >= 15 is 0 Å². The van der Waals surface area contributed by atoms with E-state index in [1.165, 1.54) is 0 Å². The molecule has 4 heterocycles. The molecule has 0 radical (unpaired) electrons. The number of thiophene rings is 1. The van der Waals surface area contributed by atoms with Gasteiger partial charge >= 0.3 is 0 Å². The number of aryl methyl sites for hydroxylation is 1. The molecule has 3 aromatic rings. The van der Waals surface area contributed by atoms with Crippen LogP contribution < -0.4 is 14.8 Å². The van der Waals surface area contributed by atoms with Crippen molar-refractivity contribution >= 4 is 29.1 Å². The number of likely N-dealkylation sites (tertiary alicyclic amines) is 1. The Hall–Kier alpha value is -3.93. The van der Waals surface area contributed by atoms with Gasteiger partial charge in [-0.05, 0) is 77.0 Å². The van der Waals surface area contributed by atoms with Gasteiger partial charge in [-0.1, -0.05) is 18.2 Å². The van der Waals surface area contributed by atoms with Crippen LogP contribution in [0.1, 0.15) is 36.0 Å². The molecular weight excluding hydrogens is 594 g/mol. The van der Waals surface area contributed by atoms with Gasteiger partial charge in [-0.15, -0.1) is 0 Å². The van der Waals surface area contributed by atoms with Crippen molar-refractivity contribution in [2.45, 2.75) is 50.9 Å². The molecule has 2 aromatic carbocycles. The summed E-state index contributed by atoms with van der Waals surface area (Å²) in [5.74, 6) is 1.38. The van der Waals surface area contributed by atoms with Gasteiger partial charge < -0.3 is 34.1 Å². The van der Waals surface area contributed by atoms with Crippen molar-refractivity contribution in [3.8, 4) is 17.2 Å². The van der Waals surface area contributed by atoms with E-state index in [1.807, 2.05) is 59.3 Å². The van der Waals surface area contributed by atoms with E-state index in [9.17, 15) is 14.4 Å². The van der Waals surface area contributed by atoms with Crippen molar-refractivity contribution in [3.05, 3.63) is 76.0 Å². The van der Waals surface area contributed by atoms with Gasteiger partial charge in [0.05, 0.1) is 38.8 Å². The lowest BCUT2D eigenvalue weighted by Crippen LogP contribution is -2.58. The maximum Gasteiger partial charge on any atom is 0.239 e. The predicted molar refractivity (Wildman–Crippen MR) is 171 cm³/mol. The molecule has 240 valence electrons. The molecule has 3 aliphatic rings. The van der Waals surface area contributed by atoms with E-state index in [4.69, 9.17) is 18.9 Å². The molecule has 10 nitrogen and oxygen atoms in total. The van der Waals surface area contributed by atoms with Crippen LogP contribution in [0.15, 0.2) is 59.3 Å². The first-order chi connectivity index (χ1) is 21.9. The van der Waals surface area contributed by atoms with Gasteiger partial charge in [-0.3, -0.25) is 14.4 Å². The van der Waals surface area contributed by atoms with Crippen LogP contribution in [0.4, 0.5) is 0 Å². The summed E-state index contributed by atoms with van der Waals surface area (Å²) in [5.41, 5.74) is 2.82. The molecule has 3 amide bonds. The maximum absolute atomic E-state index is 13.5. The first kappa shape index (κ1) is 32.5. The average Bonchev–Trinajstić information content (AvgIpc) is 3.56. The summed E-state index contributed by atoms with van der Waals surface area (Å²) in [6, 6.07) is 14.8. The van der Waals surface area contributed by atoms with E-state index in [2.05, 4.69) is 5.32 Å². The summed E-state index contributed by atoms with van der Waals surface area (Å²) in [4.78, 5) is 43.5. The lowest BCUT2D eigenvalue weighted by atomic mass is 10.0. The van der Waals surface area contributed by atoms with Gasteiger partial charge in [-0.2, -0.15) is 11.3 Å². The smallest absolute Gasteiger partial charge is 0.239 e. The molecule has 2 atom stereocenters. The lowest BCUT2D eigenvalue weighted by molar-refractivity contribution is -0.139. The monoisotopic (exact) mass is 635 g/mol. The summed E-state index contributed by atoms with van der Waals surface area (Å²) in [5, 5.41) is 7.05. The zero-order valence-electron chi connectivity index (χ0n) is 25.9. The molecule has 1 fully saturated rings. The quantitative estimate of drug-likeness (QED) is 0.388. The highest BCUT2D eigenvalue weighted by Gasteiger charge is 2.34. The number of rotatable bonds is 7. The fourth-order valence-corrected chi connectivity index (χ4v) is 6.35. The predicted octanol–water partition coefficient (Wildman–Crippen LogP) is 4.21. The van der Waals surface area contributed by atoms with Crippen molar-refractivity contribution in [1.82, 2.24) is 15.1 Å². The summed E-state index contributed by atoms with van der Waals surface area (Å²) in [6.07, 6.45) is 1.87. The van der Waals surface area contributed by atoms with E-state index in [0.717, 1.165) is 16.7 Å². The summed E-state index contributed by atoms with van der Waals surface area (Å²) in [7, 11) is 3.20. The number of hydrogen-bond donors (Lipinski definition) is 1. The fraction of sp³-hybridized carbons (Fsp3) is 0.441. The largest absolute Gasteiger partial charge is 0.493 e. The number of nitrogens with one attached hydrogen (secondary N) is 1. The number of methoxy groups -OCH3 is 2. The summed E-state index contributed by atoms with van der Waals surface area (Å²) < 4.78 is 23.4. The van der Waals surface area contributed by atoms with Crippen LogP contribution >= 0.6 is 11.3 Å². The number of fused-ring (bicyclic) bond motifs is 9. The summed E-state index contributed by atoms with van der Waals surface area (Å²) in [6.45, 7) is 1.93. The van der Waals surface area contributed by atoms with Crippen LogP contribution in [0, 0.1) is 0 Å². The Morgan fingerprint density at radius 1 is 1.09 bits per heavy atom. The van der Waals surface area contributed by atoms with Gasteiger partial charge in [0.25, 0.3) is 0 Å². The minimum Gasteiger partial charge on any atom is -0.493 e. The van der Waals surface area contributed by atoms with E-state index in [1.54, 1.807) is 35.4 Å². The molecule has 0 aliphatic carbocycles. The lowest BCUT2D eigenvalue weighted by Gasteiger charge is -2.39. The second kappa shape index (κ2) is 15.9. The van der Waals surface area contributed by atoms with E-state index in [-0.39, 0.29) is 36.8 Å². The Kier molecular flexibility index (Phi) is 11.5. The maximum atomic E-state index is 13.5. The average molecular weight is 636 g/mol. The summed E-state index contributed by atoms with van der Waals surface area (Å²) >= 11 is 1.56. The van der Waals surface area contributed by atoms with Gasteiger partial charge in [0.2, 0.25) is 17.7 Å². The molecule has 3 aliphatic heterocycles. The number of piperidine rings is 1. The van der Waals surface area contributed by atoms with Crippen LogP contribution in [0.5, 0.6) is 17.2 Å². The topological polar surface area (TPSA) is 107 Å². The van der Waals surface area contributed by atoms with E-state index in [0.29, 0.717) is 75.8 Å². The molecular formula is C34H41N3O7S. The third-order valence-corrected chi connectivity index (χ3v) is 8.83. The zero-order chi connectivity index (χ0) is 31.6. The highest BCUT2D eigenvalue weighted by molar-refractivity contribution is 7.08. The van der Waals surface area contributed by atoms with Crippen LogP contribution in [-0.2, 0) is 43.3 Å². The molecule has 1 N–H and O–H groups in total. The third kappa shape index (κ3) is 9.06. The van der Waals surface area contributed by atoms with Crippen molar-refractivity contribution in [2.24, 2.45) is 0 Å². The highest BCUT2D eigenvalue weighted by Crippen LogP contribution is 2.33. The highest BCUT2D eigenvalue weighted by atomic mass is 32.1. The van der Waals surface area contributed by atoms with Gasteiger partial charge in [0.1, 0.15) is 5.75 Å². The minimum atomic E-state index is -0.435.